The van der Waals surface area contributed by atoms with Gasteiger partial charge in [-0.3, -0.25) is 14.4 Å². The van der Waals surface area contributed by atoms with E-state index in [0.717, 1.165) is 11.1 Å². The third kappa shape index (κ3) is 7.77. The molecule has 0 aromatic heterocycles. The van der Waals surface area contributed by atoms with E-state index in [9.17, 15) is 24.3 Å². The van der Waals surface area contributed by atoms with Crippen LogP contribution in [0.2, 0.25) is 0 Å². The molecule has 8 nitrogen and oxygen atoms in total. The van der Waals surface area contributed by atoms with Crippen LogP contribution < -0.4 is 9.47 Å². The monoisotopic (exact) mass is 426 g/mol. The molecule has 0 unspecified atom stereocenters. The lowest BCUT2D eigenvalue weighted by Gasteiger charge is -2.12. The van der Waals surface area contributed by atoms with Gasteiger partial charge in [0.1, 0.15) is 11.5 Å². The van der Waals surface area contributed by atoms with Gasteiger partial charge in [-0.2, -0.15) is 0 Å². The fourth-order valence-electron chi connectivity index (χ4n) is 2.82. The molecule has 0 radical (unpaired) electrons. The molecule has 0 aliphatic rings. The van der Waals surface area contributed by atoms with E-state index in [4.69, 9.17) is 14.6 Å². The Bertz CT molecular complexity index is 972. The summed E-state index contributed by atoms with van der Waals surface area (Å²) < 4.78 is 10.4. The van der Waals surface area contributed by atoms with Crippen LogP contribution in [0.15, 0.2) is 59.7 Å². The number of carbonyl (C=O) groups excluding carboxylic acids is 2. The number of hydrogen-bond acceptors (Lipinski definition) is 6. The van der Waals surface area contributed by atoms with E-state index in [1.54, 1.807) is 62.4 Å². The summed E-state index contributed by atoms with van der Waals surface area (Å²) in [5.74, 6) is -4.09. The van der Waals surface area contributed by atoms with Crippen LogP contribution in [-0.2, 0) is 19.2 Å². The molecule has 0 aliphatic heterocycles. The Kier molecular flexibility index (Phi) is 8.08. The first-order valence-corrected chi connectivity index (χ1v) is 9.34. The number of ether oxygens (including phenoxy) is 2. The van der Waals surface area contributed by atoms with Crippen molar-refractivity contribution in [2.24, 2.45) is 0 Å². The van der Waals surface area contributed by atoms with Gasteiger partial charge in [0.05, 0.1) is 19.3 Å². The van der Waals surface area contributed by atoms with E-state index >= 15 is 0 Å². The highest BCUT2D eigenvalue weighted by Crippen LogP contribution is 2.22. The highest BCUT2D eigenvalue weighted by Gasteiger charge is 2.23. The van der Waals surface area contributed by atoms with Crippen molar-refractivity contribution in [3.05, 3.63) is 70.8 Å². The number of carbonyl (C=O) groups is 4. The van der Waals surface area contributed by atoms with Crippen molar-refractivity contribution in [3.8, 4) is 11.5 Å². The zero-order valence-electron chi connectivity index (χ0n) is 17.1. The second kappa shape index (κ2) is 10.7. The number of aliphatic carboxylic acids is 2. The third-order valence-electron chi connectivity index (χ3n) is 4.17. The van der Waals surface area contributed by atoms with Crippen molar-refractivity contribution in [1.82, 2.24) is 0 Å². The Labute approximate surface area is 178 Å². The molecule has 2 aromatic rings. The molecule has 2 aromatic carbocycles. The zero-order valence-corrected chi connectivity index (χ0v) is 17.1. The highest BCUT2D eigenvalue weighted by molar-refractivity contribution is 5.95. The molecule has 0 saturated carbocycles. The summed E-state index contributed by atoms with van der Waals surface area (Å²) in [5.41, 5.74) is 0.944. The van der Waals surface area contributed by atoms with Gasteiger partial charge in [-0.25, -0.2) is 4.79 Å². The van der Waals surface area contributed by atoms with Gasteiger partial charge in [-0.05, 0) is 54.8 Å². The molecule has 0 aliphatic carbocycles. The summed E-state index contributed by atoms with van der Waals surface area (Å²) in [6, 6.07) is 13.3. The minimum Gasteiger partial charge on any atom is -0.481 e. The average Bonchev–Trinajstić information content (AvgIpc) is 2.65. The Morgan fingerprint density at radius 3 is 1.55 bits per heavy atom. The second-order valence-corrected chi connectivity index (χ2v) is 6.89. The maximum Gasteiger partial charge on any atom is 0.332 e. The maximum absolute atomic E-state index is 12.4. The second-order valence-electron chi connectivity index (χ2n) is 6.89. The van der Waals surface area contributed by atoms with Gasteiger partial charge >= 0.3 is 23.9 Å². The quantitative estimate of drug-likeness (QED) is 0.355. The topological polar surface area (TPSA) is 127 Å². The lowest BCUT2D eigenvalue weighted by atomic mass is 9.99. The largest absolute Gasteiger partial charge is 0.481 e. The number of carboxylic acids is 2. The van der Waals surface area contributed by atoms with Gasteiger partial charge in [-0.15, -0.1) is 0 Å². The molecule has 0 amide bonds. The molecule has 8 heteroatoms. The summed E-state index contributed by atoms with van der Waals surface area (Å²) >= 11 is 0. The molecule has 0 fully saturated rings. The van der Waals surface area contributed by atoms with Gasteiger partial charge < -0.3 is 19.7 Å². The first-order chi connectivity index (χ1) is 14.6. The van der Waals surface area contributed by atoms with Gasteiger partial charge in [0.2, 0.25) is 0 Å². The fourth-order valence-corrected chi connectivity index (χ4v) is 2.82. The summed E-state index contributed by atoms with van der Waals surface area (Å²) in [5, 5.41) is 18.5. The molecule has 0 atom stereocenters. The van der Waals surface area contributed by atoms with Crippen LogP contribution in [0.4, 0.5) is 0 Å². The smallest absolute Gasteiger partial charge is 0.332 e. The molecule has 0 spiro atoms. The van der Waals surface area contributed by atoms with E-state index in [1.807, 2.05) is 0 Å². The lowest BCUT2D eigenvalue weighted by molar-refractivity contribution is -0.140. The fraction of sp³-hybridized carbons (Fsp3) is 0.217. The van der Waals surface area contributed by atoms with Crippen molar-refractivity contribution >= 4 is 23.9 Å². The molecule has 0 bridgehead atoms. The van der Waals surface area contributed by atoms with Crippen LogP contribution in [0.25, 0.3) is 0 Å². The summed E-state index contributed by atoms with van der Waals surface area (Å²) in [4.78, 5) is 47.5. The average molecular weight is 426 g/mol. The van der Waals surface area contributed by atoms with E-state index < -0.39 is 48.7 Å². The van der Waals surface area contributed by atoms with Gasteiger partial charge in [-0.1, -0.05) is 24.3 Å². The molecular weight excluding hydrogens is 404 g/mol. The first kappa shape index (κ1) is 23.3. The van der Waals surface area contributed by atoms with Crippen molar-refractivity contribution in [2.45, 2.75) is 33.1 Å². The summed E-state index contributed by atoms with van der Waals surface area (Å²) in [6.07, 6.45) is -2.02. The van der Waals surface area contributed by atoms with Crippen LogP contribution in [0.5, 0.6) is 11.5 Å². The number of rotatable bonds is 9. The summed E-state index contributed by atoms with van der Waals surface area (Å²) in [6.45, 7) is 3.61. The minimum absolute atomic E-state index is 0.190. The van der Waals surface area contributed by atoms with Crippen molar-refractivity contribution in [3.63, 3.8) is 0 Å². The van der Waals surface area contributed by atoms with Crippen molar-refractivity contribution in [1.29, 1.82) is 0 Å². The predicted octanol–water partition coefficient (Wildman–Crippen LogP) is 3.45. The standard InChI is InChI=1S/C23H22O8/c1-14-5-3-7-17(9-14)30-21(26)11-16(19(23(28)29)13-20(24)25)12-22(27)31-18-8-4-6-15(2)10-18/h3-10H,11-13H2,1-2H3,(H,24,25)(H,28,29). The molecule has 162 valence electrons. The van der Waals surface area contributed by atoms with Gasteiger partial charge in [0, 0.05) is 5.57 Å². The Morgan fingerprint density at radius 1 is 0.742 bits per heavy atom. The van der Waals surface area contributed by atoms with E-state index in [2.05, 4.69) is 0 Å². The van der Waals surface area contributed by atoms with E-state index in [0.29, 0.717) is 0 Å². The Balaban J connectivity index is 2.24. The molecule has 2 N–H and O–H groups in total. The van der Waals surface area contributed by atoms with Crippen LogP contribution >= 0.6 is 0 Å². The minimum atomic E-state index is -1.54. The number of carboxylic acid groups (broad SMARTS) is 2. The highest BCUT2D eigenvalue weighted by atomic mass is 16.5. The first-order valence-electron chi connectivity index (χ1n) is 9.34. The lowest BCUT2D eigenvalue weighted by Crippen LogP contribution is -2.18. The number of esters is 2. The number of aryl methyl sites for hydroxylation is 2. The summed E-state index contributed by atoms with van der Waals surface area (Å²) in [7, 11) is 0. The van der Waals surface area contributed by atoms with Crippen LogP contribution in [0.3, 0.4) is 0 Å². The van der Waals surface area contributed by atoms with E-state index in [-0.39, 0.29) is 17.1 Å². The molecule has 2 rings (SSSR count). The third-order valence-corrected chi connectivity index (χ3v) is 4.17. The van der Waals surface area contributed by atoms with Crippen molar-refractivity contribution < 1.29 is 38.9 Å². The number of hydrogen-bond donors (Lipinski definition) is 2. The normalized spacial score (nSPS) is 10.1. The number of benzene rings is 2. The van der Waals surface area contributed by atoms with E-state index in [1.165, 1.54) is 0 Å². The molecule has 0 saturated heterocycles. The van der Waals surface area contributed by atoms with Crippen LogP contribution in [-0.4, -0.2) is 34.1 Å². The molecular formula is C23H22O8. The predicted molar refractivity (Wildman–Crippen MR) is 110 cm³/mol. The Morgan fingerprint density at radius 2 is 1.19 bits per heavy atom. The van der Waals surface area contributed by atoms with Gasteiger partial charge in [0.15, 0.2) is 0 Å². The zero-order chi connectivity index (χ0) is 23.0. The van der Waals surface area contributed by atoms with Crippen molar-refractivity contribution in [2.75, 3.05) is 0 Å². The molecule has 0 heterocycles. The molecule has 31 heavy (non-hydrogen) atoms. The van der Waals surface area contributed by atoms with Gasteiger partial charge in [0.25, 0.3) is 0 Å². The maximum atomic E-state index is 12.4. The van der Waals surface area contributed by atoms with Crippen LogP contribution in [0.1, 0.15) is 30.4 Å². The van der Waals surface area contributed by atoms with Crippen LogP contribution in [0, 0.1) is 13.8 Å². The Hall–Kier alpha value is -3.94. The SMILES string of the molecule is Cc1cccc(OC(=O)CC(CC(=O)Oc2cccc(C)c2)=C(CC(=O)O)C(=O)O)c1.